The Balaban J connectivity index is 1.82. The van der Waals surface area contributed by atoms with Gasteiger partial charge < -0.3 is 0 Å². The Morgan fingerprint density at radius 2 is 1.72 bits per heavy atom. The van der Waals surface area contributed by atoms with Gasteiger partial charge in [-0.3, -0.25) is 14.3 Å². The van der Waals surface area contributed by atoms with Gasteiger partial charge in [-0.2, -0.15) is 12.7 Å². The van der Waals surface area contributed by atoms with Gasteiger partial charge in [0.05, 0.1) is 15.9 Å². The lowest BCUT2D eigenvalue weighted by Crippen LogP contribution is -2.43. The van der Waals surface area contributed by atoms with Crippen molar-refractivity contribution in [1.82, 2.24) is 4.31 Å². The second-order valence-electron chi connectivity index (χ2n) is 6.72. The van der Waals surface area contributed by atoms with E-state index < -0.39 is 41.8 Å². The van der Waals surface area contributed by atoms with Crippen molar-refractivity contribution < 1.29 is 25.9 Å². The van der Waals surface area contributed by atoms with Crippen LogP contribution in [0.3, 0.4) is 0 Å². The normalized spacial score (nSPS) is 18.4. The lowest BCUT2D eigenvalue weighted by Gasteiger charge is -2.31. The molecule has 1 fully saturated rings. The van der Waals surface area contributed by atoms with Crippen LogP contribution in [-0.2, 0) is 24.3 Å². The minimum atomic E-state index is -4.18. The Bertz CT molecular complexity index is 1110. The zero-order valence-corrected chi connectivity index (χ0v) is 17.2. The van der Waals surface area contributed by atoms with E-state index in [1.165, 1.54) is 30.3 Å². The van der Waals surface area contributed by atoms with Crippen LogP contribution in [0.1, 0.15) is 18.4 Å². The number of rotatable bonds is 6. The molecule has 9 nitrogen and oxygen atoms in total. The van der Waals surface area contributed by atoms with Gasteiger partial charge in [0.2, 0.25) is 10.0 Å². The molecule has 1 aliphatic rings. The SMILES string of the molecule is Cc1ccc(S(=O)(=O)OC2CCCN(S(=O)(=O)c3ccccc3[N+](=O)[O-])C2)cc1. The van der Waals surface area contributed by atoms with E-state index in [0.29, 0.717) is 12.8 Å². The Morgan fingerprint density at radius 1 is 1.07 bits per heavy atom. The van der Waals surface area contributed by atoms with Gasteiger partial charge in [-0.05, 0) is 38.0 Å². The van der Waals surface area contributed by atoms with Crippen molar-refractivity contribution in [1.29, 1.82) is 0 Å². The van der Waals surface area contributed by atoms with E-state index in [9.17, 15) is 26.9 Å². The van der Waals surface area contributed by atoms with Crippen molar-refractivity contribution in [2.75, 3.05) is 13.1 Å². The Kier molecular flexibility index (Phi) is 6.03. The molecule has 1 heterocycles. The van der Waals surface area contributed by atoms with E-state index in [1.54, 1.807) is 12.1 Å². The first-order valence-corrected chi connectivity index (χ1v) is 11.7. The molecule has 0 N–H and O–H groups in total. The summed E-state index contributed by atoms with van der Waals surface area (Å²) in [7, 11) is -8.24. The number of benzene rings is 2. The van der Waals surface area contributed by atoms with Gasteiger partial charge >= 0.3 is 0 Å². The van der Waals surface area contributed by atoms with E-state index in [-0.39, 0.29) is 18.0 Å². The van der Waals surface area contributed by atoms with Crippen molar-refractivity contribution in [3.05, 3.63) is 64.2 Å². The summed E-state index contributed by atoms with van der Waals surface area (Å²) in [5, 5.41) is 11.2. The van der Waals surface area contributed by atoms with Crippen LogP contribution in [0.5, 0.6) is 0 Å². The van der Waals surface area contributed by atoms with Crippen molar-refractivity contribution in [3.8, 4) is 0 Å². The van der Waals surface area contributed by atoms with Crippen molar-refractivity contribution in [2.45, 2.75) is 35.7 Å². The zero-order chi connectivity index (χ0) is 21.2. The molecule has 1 atom stereocenters. The Hall–Kier alpha value is -2.34. The number of nitro groups is 1. The number of piperidine rings is 1. The lowest BCUT2D eigenvalue weighted by atomic mass is 10.1. The van der Waals surface area contributed by atoms with Crippen molar-refractivity contribution >= 4 is 25.8 Å². The minimum Gasteiger partial charge on any atom is -0.262 e. The van der Waals surface area contributed by atoms with E-state index >= 15 is 0 Å². The van der Waals surface area contributed by atoms with Crippen molar-refractivity contribution in [3.63, 3.8) is 0 Å². The highest BCUT2D eigenvalue weighted by Crippen LogP contribution is 2.29. The fourth-order valence-electron chi connectivity index (χ4n) is 3.11. The van der Waals surface area contributed by atoms with Crippen LogP contribution < -0.4 is 0 Å². The van der Waals surface area contributed by atoms with Crippen molar-refractivity contribution in [2.24, 2.45) is 0 Å². The van der Waals surface area contributed by atoms with Gasteiger partial charge in [-0.15, -0.1) is 0 Å². The standard InChI is InChI=1S/C18H20N2O7S2/c1-14-8-10-16(11-9-14)29(25,26)27-15-5-4-12-19(13-15)28(23,24)18-7-3-2-6-17(18)20(21)22/h2-3,6-11,15H,4-5,12-13H2,1H3. The summed E-state index contributed by atoms with van der Waals surface area (Å²) in [5.74, 6) is 0. The minimum absolute atomic E-state index is 0.0122. The molecule has 0 amide bonds. The third kappa shape index (κ3) is 4.64. The second-order valence-corrected chi connectivity index (χ2v) is 10.2. The molecule has 0 aliphatic carbocycles. The number of nitrogens with zero attached hydrogens (tertiary/aromatic N) is 2. The first-order valence-electron chi connectivity index (χ1n) is 8.85. The summed E-state index contributed by atoms with van der Waals surface area (Å²) in [4.78, 5) is 10.0. The van der Waals surface area contributed by atoms with Crippen LogP contribution in [0.25, 0.3) is 0 Å². The third-order valence-electron chi connectivity index (χ3n) is 4.59. The average molecular weight is 440 g/mol. The zero-order valence-electron chi connectivity index (χ0n) is 15.6. The van der Waals surface area contributed by atoms with E-state index in [1.807, 2.05) is 6.92 Å². The third-order valence-corrected chi connectivity index (χ3v) is 7.88. The molecule has 11 heteroatoms. The highest BCUT2D eigenvalue weighted by Gasteiger charge is 2.36. The molecule has 1 unspecified atom stereocenters. The second kappa shape index (κ2) is 8.19. The highest BCUT2D eigenvalue weighted by molar-refractivity contribution is 7.89. The number of sulfonamides is 1. The molecular weight excluding hydrogens is 420 g/mol. The summed E-state index contributed by atoms with van der Waals surface area (Å²) < 4.78 is 57.2. The van der Waals surface area contributed by atoms with E-state index in [2.05, 4.69) is 0 Å². The predicted molar refractivity (Wildman–Crippen MR) is 104 cm³/mol. The maximum absolute atomic E-state index is 12.9. The average Bonchev–Trinajstić information content (AvgIpc) is 2.68. The number of hydrogen-bond donors (Lipinski definition) is 0. The molecule has 1 aliphatic heterocycles. The molecule has 0 aromatic heterocycles. The molecule has 0 saturated carbocycles. The molecule has 3 rings (SSSR count). The van der Waals surface area contributed by atoms with Crippen LogP contribution in [-0.4, -0.2) is 45.3 Å². The summed E-state index contributed by atoms with van der Waals surface area (Å²) in [6.07, 6.45) is -0.158. The van der Waals surface area contributed by atoms with Gasteiger partial charge in [0, 0.05) is 19.2 Å². The lowest BCUT2D eigenvalue weighted by molar-refractivity contribution is -0.387. The van der Waals surface area contributed by atoms with Crippen LogP contribution in [0, 0.1) is 17.0 Å². The largest absolute Gasteiger partial charge is 0.297 e. The summed E-state index contributed by atoms with van der Waals surface area (Å²) in [6.45, 7) is 1.74. The first-order chi connectivity index (χ1) is 13.6. The molecule has 0 spiro atoms. The molecule has 0 bridgehead atoms. The first kappa shape index (κ1) is 21.4. The smallest absolute Gasteiger partial charge is 0.262 e. The summed E-state index contributed by atoms with van der Waals surface area (Å²) in [6, 6.07) is 11.2. The fraction of sp³-hybridized carbons (Fsp3) is 0.333. The van der Waals surface area contributed by atoms with Crippen LogP contribution >= 0.6 is 0 Å². The van der Waals surface area contributed by atoms with Crippen LogP contribution in [0.15, 0.2) is 58.3 Å². The monoisotopic (exact) mass is 440 g/mol. The van der Waals surface area contributed by atoms with Gasteiger partial charge in [0.15, 0.2) is 4.90 Å². The van der Waals surface area contributed by atoms with Crippen LogP contribution in [0.4, 0.5) is 5.69 Å². The van der Waals surface area contributed by atoms with E-state index in [4.69, 9.17) is 4.18 Å². The number of hydrogen-bond acceptors (Lipinski definition) is 7. The molecular formula is C18H20N2O7S2. The number of aryl methyl sites for hydroxylation is 1. The van der Waals surface area contributed by atoms with Crippen LogP contribution in [0.2, 0.25) is 0 Å². The highest BCUT2D eigenvalue weighted by atomic mass is 32.2. The maximum Gasteiger partial charge on any atom is 0.297 e. The number of para-hydroxylation sites is 1. The van der Waals surface area contributed by atoms with E-state index in [0.717, 1.165) is 15.9 Å². The maximum atomic E-state index is 12.9. The molecule has 156 valence electrons. The Morgan fingerprint density at radius 3 is 2.38 bits per heavy atom. The summed E-state index contributed by atoms with van der Waals surface area (Å²) >= 11 is 0. The molecule has 29 heavy (non-hydrogen) atoms. The molecule has 2 aromatic carbocycles. The van der Waals surface area contributed by atoms with Gasteiger partial charge in [-0.1, -0.05) is 29.8 Å². The molecule has 0 radical (unpaired) electrons. The number of nitro benzene ring substituents is 1. The fourth-order valence-corrected chi connectivity index (χ4v) is 5.87. The molecule has 1 saturated heterocycles. The van der Waals surface area contributed by atoms with Gasteiger partial charge in [0.1, 0.15) is 0 Å². The predicted octanol–water partition coefficient (Wildman–Crippen LogP) is 2.46. The molecule has 2 aromatic rings. The van der Waals surface area contributed by atoms with Gasteiger partial charge in [0.25, 0.3) is 15.8 Å². The summed E-state index contributed by atoms with van der Waals surface area (Å²) in [5.41, 5.74) is 0.367. The van der Waals surface area contributed by atoms with Gasteiger partial charge in [-0.25, -0.2) is 8.42 Å². The Labute approximate surface area is 169 Å². The topological polar surface area (TPSA) is 124 Å². The quantitative estimate of drug-likeness (QED) is 0.384.